The third-order valence-corrected chi connectivity index (χ3v) is 4.70. The van der Waals surface area contributed by atoms with Gasteiger partial charge in [0.05, 0.1) is 5.41 Å². The molecule has 1 aromatic rings. The minimum Gasteiger partial charge on any atom is -0.368 e. The lowest BCUT2D eigenvalue weighted by atomic mass is 9.72. The number of carbonyl (C=O) groups is 2. The van der Waals surface area contributed by atoms with Gasteiger partial charge in [-0.05, 0) is 32.3 Å². The van der Waals surface area contributed by atoms with Gasteiger partial charge in [-0.25, -0.2) is 9.97 Å². The van der Waals surface area contributed by atoms with E-state index in [2.05, 4.69) is 9.97 Å². The van der Waals surface area contributed by atoms with E-state index in [0.29, 0.717) is 12.4 Å². The second-order valence-corrected chi connectivity index (χ2v) is 6.14. The summed E-state index contributed by atoms with van der Waals surface area (Å²) in [5, 5.41) is 0. The molecule has 112 valence electrons. The van der Waals surface area contributed by atoms with E-state index in [0.717, 1.165) is 37.8 Å². The van der Waals surface area contributed by atoms with Crippen LogP contribution < -0.4 is 10.6 Å². The number of nitrogens with zero attached hydrogens (tertiary/aromatic N) is 3. The minimum atomic E-state index is -0.627. The fourth-order valence-corrected chi connectivity index (χ4v) is 3.60. The van der Waals surface area contributed by atoms with Gasteiger partial charge in [0, 0.05) is 11.9 Å². The van der Waals surface area contributed by atoms with Crippen LogP contribution in [0.3, 0.4) is 0 Å². The highest BCUT2D eigenvalue weighted by Crippen LogP contribution is 2.47. The Balaban J connectivity index is 2.00. The predicted molar refractivity (Wildman–Crippen MR) is 77.4 cm³/mol. The van der Waals surface area contributed by atoms with E-state index in [1.165, 1.54) is 4.90 Å². The van der Waals surface area contributed by atoms with Gasteiger partial charge in [0.25, 0.3) is 0 Å². The summed E-state index contributed by atoms with van der Waals surface area (Å²) in [5.41, 5.74) is 5.85. The summed E-state index contributed by atoms with van der Waals surface area (Å²) < 4.78 is 0. The average Bonchev–Trinajstić information content (AvgIpc) is 2.74. The van der Waals surface area contributed by atoms with Gasteiger partial charge in [-0.3, -0.25) is 14.5 Å². The molecule has 6 heteroatoms. The molecule has 21 heavy (non-hydrogen) atoms. The number of nitrogens with two attached hydrogens (primary N) is 1. The van der Waals surface area contributed by atoms with Crippen LogP contribution in [0.15, 0.2) is 12.3 Å². The smallest absolute Gasteiger partial charge is 0.240 e. The van der Waals surface area contributed by atoms with Crippen molar-refractivity contribution in [1.29, 1.82) is 0 Å². The fourth-order valence-electron chi connectivity index (χ4n) is 3.60. The van der Waals surface area contributed by atoms with Crippen molar-refractivity contribution in [3.8, 4) is 0 Å². The van der Waals surface area contributed by atoms with Gasteiger partial charge in [-0.2, -0.15) is 0 Å². The second-order valence-electron chi connectivity index (χ2n) is 6.14. The van der Waals surface area contributed by atoms with E-state index in [1.54, 1.807) is 12.3 Å². The first-order chi connectivity index (χ1) is 10.0. The maximum atomic E-state index is 12.9. The average molecular weight is 288 g/mol. The van der Waals surface area contributed by atoms with Crippen LogP contribution in [-0.2, 0) is 9.59 Å². The molecule has 1 spiro atoms. The molecule has 2 fully saturated rings. The van der Waals surface area contributed by atoms with E-state index in [-0.39, 0.29) is 5.91 Å². The number of hydrogen-bond donors (Lipinski definition) is 1. The summed E-state index contributed by atoms with van der Waals surface area (Å²) in [7, 11) is 0. The summed E-state index contributed by atoms with van der Waals surface area (Å²) >= 11 is 0. The Morgan fingerprint density at radius 3 is 2.71 bits per heavy atom. The van der Waals surface area contributed by atoms with E-state index < -0.39 is 17.4 Å². The van der Waals surface area contributed by atoms with Gasteiger partial charge in [0.15, 0.2) is 0 Å². The van der Waals surface area contributed by atoms with Crippen molar-refractivity contribution >= 4 is 17.8 Å². The van der Waals surface area contributed by atoms with Crippen molar-refractivity contribution in [2.75, 3.05) is 4.90 Å². The van der Waals surface area contributed by atoms with Crippen LogP contribution in [0.4, 0.5) is 5.95 Å². The maximum absolute atomic E-state index is 12.9. The van der Waals surface area contributed by atoms with Crippen molar-refractivity contribution in [1.82, 2.24) is 9.97 Å². The summed E-state index contributed by atoms with van der Waals surface area (Å²) in [5.74, 6) is -0.209. The molecule has 1 aliphatic carbocycles. The normalized spacial score (nSPS) is 24.5. The molecular weight excluding hydrogens is 268 g/mol. The van der Waals surface area contributed by atoms with Gasteiger partial charge < -0.3 is 5.73 Å². The number of amides is 2. The topological polar surface area (TPSA) is 89.2 Å². The third kappa shape index (κ3) is 2.28. The number of aryl methyl sites for hydroxylation is 1. The number of primary amides is 1. The largest absolute Gasteiger partial charge is 0.368 e. The predicted octanol–water partition coefficient (Wildman–Crippen LogP) is 1.33. The van der Waals surface area contributed by atoms with Crippen LogP contribution in [0.2, 0.25) is 0 Å². The fraction of sp³-hybridized carbons (Fsp3) is 0.600. The number of rotatable bonds is 2. The molecule has 2 amide bonds. The van der Waals surface area contributed by atoms with Crippen LogP contribution in [0.25, 0.3) is 0 Å². The highest BCUT2D eigenvalue weighted by atomic mass is 16.2. The molecule has 0 radical (unpaired) electrons. The maximum Gasteiger partial charge on any atom is 0.240 e. The number of anilines is 1. The first-order valence-electron chi connectivity index (χ1n) is 7.46. The molecule has 1 aromatic heterocycles. The third-order valence-electron chi connectivity index (χ3n) is 4.70. The zero-order valence-corrected chi connectivity index (χ0v) is 12.2. The summed E-state index contributed by atoms with van der Waals surface area (Å²) in [6, 6.07) is 1.14. The van der Waals surface area contributed by atoms with Crippen LogP contribution >= 0.6 is 0 Å². The zero-order chi connectivity index (χ0) is 15.0. The molecular formula is C15H20N4O2. The standard InChI is InChI=1S/C15H20N4O2/c1-10-5-8-17-14(18-10)19-11(12(16)20)9-15(13(19)21)6-3-2-4-7-15/h5,8,11H,2-4,6-7,9H2,1H3,(H2,16,20). The summed E-state index contributed by atoms with van der Waals surface area (Å²) in [4.78, 5) is 34.7. The lowest BCUT2D eigenvalue weighted by molar-refractivity contribution is -0.127. The molecule has 1 saturated carbocycles. The molecule has 1 saturated heterocycles. The molecule has 1 atom stereocenters. The van der Waals surface area contributed by atoms with Gasteiger partial charge in [-0.15, -0.1) is 0 Å². The molecule has 6 nitrogen and oxygen atoms in total. The molecule has 3 rings (SSSR count). The first-order valence-corrected chi connectivity index (χ1v) is 7.46. The Kier molecular flexibility index (Phi) is 3.39. The van der Waals surface area contributed by atoms with Crippen LogP contribution in [0, 0.1) is 12.3 Å². The molecule has 1 unspecified atom stereocenters. The van der Waals surface area contributed by atoms with Gasteiger partial charge in [-0.1, -0.05) is 19.3 Å². The van der Waals surface area contributed by atoms with Gasteiger partial charge in [0.2, 0.25) is 17.8 Å². The molecule has 2 N–H and O–H groups in total. The second kappa shape index (κ2) is 5.09. The van der Waals surface area contributed by atoms with Gasteiger partial charge in [0.1, 0.15) is 6.04 Å². The molecule has 2 heterocycles. The van der Waals surface area contributed by atoms with Crippen molar-refractivity contribution in [2.24, 2.45) is 11.1 Å². The zero-order valence-electron chi connectivity index (χ0n) is 12.2. The Morgan fingerprint density at radius 1 is 1.38 bits per heavy atom. The number of carbonyl (C=O) groups excluding carboxylic acids is 2. The van der Waals surface area contributed by atoms with Crippen LogP contribution in [0.5, 0.6) is 0 Å². The Hall–Kier alpha value is -1.98. The molecule has 0 bridgehead atoms. The van der Waals surface area contributed by atoms with Gasteiger partial charge >= 0.3 is 0 Å². The monoisotopic (exact) mass is 288 g/mol. The van der Waals surface area contributed by atoms with Crippen LogP contribution in [-0.4, -0.2) is 27.8 Å². The van der Waals surface area contributed by atoms with E-state index in [9.17, 15) is 9.59 Å². The minimum absolute atomic E-state index is 0.0309. The highest BCUT2D eigenvalue weighted by Gasteiger charge is 2.54. The van der Waals surface area contributed by atoms with E-state index >= 15 is 0 Å². The lowest BCUT2D eigenvalue weighted by Gasteiger charge is -2.30. The lowest BCUT2D eigenvalue weighted by Crippen LogP contribution is -2.44. The Labute approximate surface area is 123 Å². The number of hydrogen-bond acceptors (Lipinski definition) is 4. The van der Waals surface area contributed by atoms with E-state index in [1.807, 2.05) is 6.92 Å². The van der Waals surface area contributed by atoms with Crippen molar-refractivity contribution in [3.63, 3.8) is 0 Å². The Bertz CT molecular complexity index is 581. The number of aromatic nitrogens is 2. The van der Waals surface area contributed by atoms with Crippen molar-refractivity contribution in [2.45, 2.75) is 51.5 Å². The highest BCUT2D eigenvalue weighted by molar-refractivity contribution is 6.05. The molecule has 1 aliphatic heterocycles. The SMILES string of the molecule is Cc1ccnc(N2C(=O)C3(CCCCC3)CC2C(N)=O)n1. The van der Waals surface area contributed by atoms with Crippen LogP contribution in [0.1, 0.15) is 44.2 Å². The van der Waals surface area contributed by atoms with Crippen molar-refractivity contribution < 1.29 is 9.59 Å². The summed E-state index contributed by atoms with van der Waals surface area (Å²) in [6.45, 7) is 1.83. The van der Waals surface area contributed by atoms with Crippen molar-refractivity contribution in [3.05, 3.63) is 18.0 Å². The van der Waals surface area contributed by atoms with E-state index in [4.69, 9.17) is 5.73 Å². The molecule has 2 aliphatic rings. The molecule has 0 aromatic carbocycles. The quantitative estimate of drug-likeness (QED) is 0.889. The summed E-state index contributed by atoms with van der Waals surface area (Å²) in [6.07, 6.45) is 6.97. The first kappa shape index (κ1) is 14.0. The Morgan fingerprint density at radius 2 is 2.10 bits per heavy atom.